The van der Waals surface area contributed by atoms with Gasteiger partial charge in [-0.05, 0) is 39.8 Å². The lowest BCUT2D eigenvalue weighted by Gasteiger charge is -2.26. The highest BCUT2D eigenvalue weighted by Crippen LogP contribution is 2.24. The maximum Gasteiger partial charge on any atom is 0.323 e. The normalized spacial score (nSPS) is 15.7. The quantitative estimate of drug-likeness (QED) is 0.749. The highest BCUT2D eigenvalue weighted by Gasteiger charge is 2.26. The number of ether oxygens (including phenoxy) is 1. The third kappa shape index (κ3) is 4.94. The van der Waals surface area contributed by atoms with Crippen LogP contribution in [0.1, 0.15) is 38.7 Å². The largest absolute Gasteiger partial charge is 0.462 e. The van der Waals surface area contributed by atoms with Crippen molar-refractivity contribution in [2.75, 3.05) is 7.05 Å². The molecule has 1 rings (SSSR count). The number of esters is 1. The van der Waals surface area contributed by atoms with Crippen LogP contribution >= 0.6 is 0 Å². The third-order valence-corrected chi connectivity index (χ3v) is 3.34. The fourth-order valence-corrected chi connectivity index (χ4v) is 2.25. The number of likely N-dealkylation sites (N-methyl/N-ethyl adjacent to an activating group) is 1. The van der Waals surface area contributed by atoms with Gasteiger partial charge in [-0.15, -0.1) is 0 Å². The van der Waals surface area contributed by atoms with Crippen molar-refractivity contribution in [3.63, 3.8) is 0 Å². The second kappa shape index (κ2) is 8.02. The van der Waals surface area contributed by atoms with E-state index in [0.29, 0.717) is 6.42 Å². The number of rotatable bonds is 7. The Kier molecular flexibility index (Phi) is 6.68. The van der Waals surface area contributed by atoms with E-state index < -0.39 is 0 Å². The van der Waals surface area contributed by atoms with Gasteiger partial charge in [0.25, 0.3) is 0 Å². The van der Waals surface area contributed by atoms with E-state index in [1.807, 2.05) is 39.0 Å². The van der Waals surface area contributed by atoms with Crippen LogP contribution in [0.25, 0.3) is 0 Å². The van der Waals surface area contributed by atoms with Gasteiger partial charge in [0.15, 0.2) is 0 Å². The summed E-state index contributed by atoms with van der Waals surface area (Å²) in [4.78, 5) is 12.0. The Morgan fingerprint density at radius 1 is 1.25 bits per heavy atom. The van der Waals surface area contributed by atoms with Crippen LogP contribution in [0.5, 0.6) is 0 Å². The van der Waals surface area contributed by atoms with Gasteiger partial charge in [-0.2, -0.15) is 0 Å². The van der Waals surface area contributed by atoms with Crippen LogP contribution in [0.3, 0.4) is 0 Å². The van der Waals surface area contributed by atoms with E-state index in [1.165, 1.54) is 0 Å². The molecule has 0 spiro atoms. The molecule has 1 aromatic carbocycles. The summed E-state index contributed by atoms with van der Waals surface area (Å²) in [7, 11) is 1.77. The molecule has 0 aromatic heterocycles. The summed E-state index contributed by atoms with van der Waals surface area (Å²) in [5.74, 6) is -0.0996. The molecule has 0 amide bonds. The second-order valence-corrected chi connectivity index (χ2v) is 5.44. The van der Waals surface area contributed by atoms with Gasteiger partial charge in [0.2, 0.25) is 0 Å². The molecule has 4 nitrogen and oxygen atoms in total. The van der Waals surface area contributed by atoms with Crippen molar-refractivity contribution in [2.45, 2.75) is 51.3 Å². The van der Waals surface area contributed by atoms with E-state index in [4.69, 9.17) is 10.5 Å². The average Bonchev–Trinajstić information content (AvgIpc) is 2.39. The second-order valence-electron chi connectivity index (χ2n) is 5.44. The first-order valence-electron chi connectivity index (χ1n) is 7.14. The van der Waals surface area contributed by atoms with E-state index in [9.17, 15) is 4.79 Å². The Labute approximate surface area is 121 Å². The van der Waals surface area contributed by atoms with Crippen LogP contribution in [-0.2, 0) is 9.53 Å². The zero-order chi connectivity index (χ0) is 15.1. The minimum absolute atomic E-state index is 0.0277. The summed E-state index contributed by atoms with van der Waals surface area (Å²) in [5, 5.41) is 3.03. The third-order valence-electron chi connectivity index (χ3n) is 3.34. The Balaban J connectivity index is 2.81. The molecule has 0 saturated heterocycles. The molecule has 0 aliphatic heterocycles. The summed E-state index contributed by atoms with van der Waals surface area (Å²) in [6, 6.07) is 9.69. The molecule has 0 saturated carbocycles. The van der Waals surface area contributed by atoms with Crippen LogP contribution in [0, 0.1) is 0 Å². The summed E-state index contributed by atoms with van der Waals surface area (Å²) in [6.45, 7) is 5.67. The number of nitrogens with two attached hydrogens (primary N) is 1. The number of hydrogen-bond acceptors (Lipinski definition) is 4. The molecule has 1 aromatic rings. The van der Waals surface area contributed by atoms with Gasteiger partial charge in [0, 0.05) is 12.0 Å². The van der Waals surface area contributed by atoms with E-state index in [1.54, 1.807) is 7.05 Å². The number of hydrogen-bond donors (Lipinski definition) is 2. The van der Waals surface area contributed by atoms with Crippen molar-refractivity contribution in [1.29, 1.82) is 0 Å². The van der Waals surface area contributed by atoms with Crippen molar-refractivity contribution in [3.8, 4) is 0 Å². The predicted octanol–water partition coefficient (Wildman–Crippen LogP) is 2.05. The first-order valence-corrected chi connectivity index (χ1v) is 7.14. The Bertz CT molecular complexity index is 404. The van der Waals surface area contributed by atoms with Gasteiger partial charge < -0.3 is 15.8 Å². The van der Waals surface area contributed by atoms with Crippen molar-refractivity contribution >= 4 is 5.97 Å². The number of nitrogens with one attached hydrogen (secondary N) is 1. The van der Waals surface area contributed by atoms with Gasteiger partial charge in [0.05, 0.1) is 6.10 Å². The summed E-state index contributed by atoms with van der Waals surface area (Å²) in [6.07, 6.45) is 0.521. The van der Waals surface area contributed by atoms with E-state index in [2.05, 4.69) is 17.4 Å². The molecule has 0 bridgehead atoms. The minimum Gasteiger partial charge on any atom is -0.462 e. The summed E-state index contributed by atoms with van der Waals surface area (Å²) in [5.41, 5.74) is 7.25. The molecule has 4 heteroatoms. The molecular weight excluding hydrogens is 252 g/mol. The van der Waals surface area contributed by atoms with Crippen molar-refractivity contribution in [2.24, 2.45) is 5.73 Å². The fraction of sp³-hybridized carbons (Fsp3) is 0.562. The molecule has 112 valence electrons. The van der Waals surface area contributed by atoms with E-state index >= 15 is 0 Å². The maximum atomic E-state index is 12.0. The van der Waals surface area contributed by atoms with Gasteiger partial charge in [-0.25, -0.2) is 0 Å². The Morgan fingerprint density at radius 3 is 2.30 bits per heavy atom. The molecular formula is C16H26N2O2. The Hall–Kier alpha value is -1.39. The predicted molar refractivity (Wildman–Crippen MR) is 81.5 cm³/mol. The monoisotopic (exact) mass is 278 g/mol. The summed E-state index contributed by atoms with van der Waals surface area (Å²) >= 11 is 0. The van der Waals surface area contributed by atoms with Gasteiger partial charge in [-0.1, -0.05) is 30.3 Å². The van der Waals surface area contributed by atoms with Crippen molar-refractivity contribution < 1.29 is 9.53 Å². The van der Waals surface area contributed by atoms with Crippen LogP contribution < -0.4 is 11.1 Å². The molecule has 0 aliphatic rings. The van der Waals surface area contributed by atoms with Crippen LogP contribution in [-0.4, -0.2) is 31.2 Å². The van der Waals surface area contributed by atoms with Crippen LogP contribution in [0.15, 0.2) is 30.3 Å². The molecule has 3 atom stereocenters. The first-order chi connectivity index (χ1) is 9.45. The molecule has 0 aliphatic carbocycles. The Morgan fingerprint density at radius 2 is 1.85 bits per heavy atom. The average molecular weight is 278 g/mol. The first kappa shape index (κ1) is 16.7. The lowest BCUT2D eigenvalue weighted by Crippen LogP contribution is -2.40. The molecule has 0 radical (unpaired) electrons. The van der Waals surface area contributed by atoms with Crippen LogP contribution in [0.2, 0.25) is 0 Å². The lowest BCUT2D eigenvalue weighted by atomic mass is 9.87. The topological polar surface area (TPSA) is 64.3 Å². The molecule has 0 heterocycles. The zero-order valence-electron chi connectivity index (χ0n) is 12.8. The van der Waals surface area contributed by atoms with Crippen molar-refractivity contribution in [3.05, 3.63) is 35.9 Å². The van der Waals surface area contributed by atoms with Gasteiger partial charge in [-0.3, -0.25) is 4.79 Å². The highest BCUT2D eigenvalue weighted by molar-refractivity contribution is 5.76. The molecule has 3 N–H and O–H groups in total. The highest BCUT2D eigenvalue weighted by atomic mass is 16.5. The number of benzene rings is 1. The SMILES string of the molecule is CN[C@H](C[C@@H](c1ccccc1)[C@@H](C)N)C(=O)OC(C)C. The summed E-state index contributed by atoms with van der Waals surface area (Å²) < 4.78 is 5.28. The standard InChI is InChI=1S/C16H26N2O2/c1-11(2)20-16(19)15(18-4)10-14(12(3)17)13-8-6-5-7-9-13/h5-9,11-12,14-15,18H,10,17H2,1-4H3/t12-,14-,15-/m1/s1. The van der Waals surface area contributed by atoms with Crippen molar-refractivity contribution in [1.82, 2.24) is 5.32 Å². The van der Waals surface area contributed by atoms with Gasteiger partial charge in [0.1, 0.15) is 6.04 Å². The maximum absolute atomic E-state index is 12.0. The lowest BCUT2D eigenvalue weighted by molar-refractivity contribution is -0.150. The number of carbonyl (C=O) groups is 1. The fourth-order valence-electron chi connectivity index (χ4n) is 2.25. The van der Waals surface area contributed by atoms with Gasteiger partial charge >= 0.3 is 5.97 Å². The smallest absolute Gasteiger partial charge is 0.323 e. The van der Waals surface area contributed by atoms with E-state index in [0.717, 1.165) is 5.56 Å². The minimum atomic E-state index is -0.339. The zero-order valence-corrected chi connectivity index (χ0v) is 12.8. The molecule has 20 heavy (non-hydrogen) atoms. The van der Waals surface area contributed by atoms with Crippen LogP contribution in [0.4, 0.5) is 0 Å². The molecule has 0 unspecified atom stereocenters. The van der Waals surface area contributed by atoms with E-state index in [-0.39, 0.29) is 30.1 Å². The molecule has 0 fully saturated rings. The number of carbonyl (C=O) groups excluding carboxylic acids is 1.